The van der Waals surface area contributed by atoms with Crippen molar-refractivity contribution in [2.45, 2.75) is 32.4 Å². The van der Waals surface area contributed by atoms with Gasteiger partial charge in [-0.1, -0.05) is 18.2 Å². The van der Waals surface area contributed by atoms with E-state index in [2.05, 4.69) is 5.10 Å². The summed E-state index contributed by atoms with van der Waals surface area (Å²) in [5, 5.41) is 4.26. The van der Waals surface area contributed by atoms with Crippen molar-refractivity contribution >= 4 is 11.6 Å². The van der Waals surface area contributed by atoms with Crippen LogP contribution in [0.25, 0.3) is 0 Å². The number of aromatic nitrogens is 2. The van der Waals surface area contributed by atoms with Gasteiger partial charge in [0.25, 0.3) is 5.91 Å². The Labute approximate surface area is 124 Å². The third kappa shape index (κ3) is 2.77. The second-order valence-electron chi connectivity index (χ2n) is 5.66. The van der Waals surface area contributed by atoms with Crippen molar-refractivity contribution in [2.75, 3.05) is 5.73 Å². The first-order valence-electron chi connectivity index (χ1n) is 7.21. The van der Waals surface area contributed by atoms with Gasteiger partial charge in [-0.05, 0) is 31.4 Å². The number of carbonyl (C=O) groups is 1. The summed E-state index contributed by atoms with van der Waals surface area (Å²) in [6.07, 6.45) is 3.93. The average Bonchev–Trinajstić information content (AvgIpc) is 3.22. The average molecular weight is 284 g/mol. The molecule has 1 aliphatic carbocycles. The molecule has 0 aliphatic heterocycles. The number of aryl methyl sites for hydroxylation is 2. The minimum absolute atomic E-state index is 0.0475. The standard InChI is InChI=1S/C16H20N4O/c1-11-14(10-19(2)18-11)16(21)20(13-7-8-13)9-12-5-3-4-6-15(12)17/h3-6,10,13H,7-9,17H2,1-2H3. The molecule has 1 amide bonds. The molecule has 5 nitrogen and oxygen atoms in total. The summed E-state index contributed by atoms with van der Waals surface area (Å²) in [6, 6.07) is 8.05. The summed E-state index contributed by atoms with van der Waals surface area (Å²) in [6.45, 7) is 2.43. The van der Waals surface area contributed by atoms with Gasteiger partial charge in [0, 0.05) is 31.5 Å². The van der Waals surface area contributed by atoms with Gasteiger partial charge in [-0.25, -0.2) is 0 Å². The van der Waals surface area contributed by atoms with Gasteiger partial charge in [0.1, 0.15) is 0 Å². The molecule has 0 bridgehead atoms. The molecule has 1 fully saturated rings. The number of nitrogens with zero attached hydrogens (tertiary/aromatic N) is 3. The molecule has 0 radical (unpaired) electrons. The normalized spacial score (nSPS) is 14.2. The van der Waals surface area contributed by atoms with Crippen LogP contribution < -0.4 is 5.73 Å². The van der Waals surface area contributed by atoms with Crippen molar-refractivity contribution in [3.8, 4) is 0 Å². The second kappa shape index (κ2) is 5.24. The predicted octanol–water partition coefficient (Wildman–Crippen LogP) is 2.12. The van der Waals surface area contributed by atoms with Crippen LogP contribution in [-0.4, -0.2) is 26.6 Å². The van der Waals surface area contributed by atoms with Gasteiger partial charge >= 0.3 is 0 Å². The molecule has 110 valence electrons. The fourth-order valence-corrected chi connectivity index (χ4v) is 2.58. The number of amides is 1. The number of hydrogen-bond donors (Lipinski definition) is 1. The Balaban J connectivity index is 1.87. The molecule has 0 spiro atoms. The number of nitrogen functional groups attached to an aromatic ring is 1. The fourth-order valence-electron chi connectivity index (χ4n) is 2.58. The van der Waals surface area contributed by atoms with E-state index in [1.54, 1.807) is 10.9 Å². The summed E-state index contributed by atoms with van der Waals surface area (Å²) >= 11 is 0. The zero-order chi connectivity index (χ0) is 15.0. The molecule has 0 saturated heterocycles. The summed E-state index contributed by atoms with van der Waals surface area (Å²) in [4.78, 5) is 14.7. The molecule has 0 unspecified atom stereocenters. The Bertz CT molecular complexity index is 673. The first-order valence-corrected chi connectivity index (χ1v) is 7.21. The van der Waals surface area contributed by atoms with E-state index < -0.39 is 0 Å². The van der Waals surface area contributed by atoms with Gasteiger partial charge in [-0.2, -0.15) is 5.10 Å². The van der Waals surface area contributed by atoms with Crippen molar-refractivity contribution in [3.63, 3.8) is 0 Å². The molecule has 1 saturated carbocycles. The SMILES string of the molecule is Cc1nn(C)cc1C(=O)N(Cc1ccccc1N)C1CC1. The number of nitrogens with two attached hydrogens (primary N) is 1. The smallest absolute Gasteiger partial charge is 0.257 e. The number of rotatable bonds is 4. The summed E-state index contributed by atoms with van der Waals surface area (Å²) in [7, 11) is 1.83. The predicted molar refractivity (Wildman–Crippen MR) is 81.7 cm³/mol. The molecule has 1 aromatic carbocycles. The molecule has 0 atom stereocenters. The monoisotopic (exact) mass is 284 g/mol. The maximum atomic E-state index is 12.8. The minimum Gasteiger partial charge on any atom is -0.398 e. The topological polar surface area (TPSA) is 64.2 Å². The van der Waals surface area contributed by atoms with Crippen LogP contribution >= 0.6 is 0 Å². The third-order valence-electron chi connectivity index (χ3n) is 3.89. The molecule has 1 aromatic heterocycles. The highest BCUT2D eigenvalue weighted by Gasteiger charge is 2.34. The van der Waals surface area contributed by atoms with Gasteiger partial charge in [0.05, 0.1) is 11.3 Å². The van der Waals surface area contributed by atoms with E-state index >= 15 is 0 Å². The zero-order valence-corrected chi connectivity index (χ0v) is 12.4. The number of para-hydroxylation sites is 1. The van der Waals surface area contributed by atoms with Gasteiger partial charge in [0.2, 0.25) is 0 Å². The largest absolute Gasteiger partial charge is 0.398 e. The lowest BCUT2D eigenvalue weighted by molar-refractivity contribution is 0.0729. The van der Waals surface area contributed by atoms with E-state index in [0.717, 1.165) is 29.8 Å². The van der Waals surface area contributed by atoms with E-state index in [1.807, 2.05) is 43.1 Å². The number of hydrogen-bond acceptors (Lipinski definition) is 3. The summed E-state index contributed by atoms with van der Waals surface area (Å²) in [5.41, 5.74) is 9.19. The molecule has 21 heavy (non-hydrogen) atoms. The van der Waals surface area contributed by atoms with Crippen LogP contribution in [0.3, 0.4) is 0 Å². The fraction of sp³-hybridized carbons (Fsp3) is 0.375. The maximum absolute atomic E-state index is 12.8. The number of benzene rings is 1. The van der Waals surface area contributed by atoms with Crippen LogP contribution in [0, 0.1) is 6.92 Å². The lowest BCUT2D eigenvalue weighted by Crippen LogP contribution is -2.33. The molecule has 5 heteroatoms. The number of anilines is 1. The second-order valence-corrected chi connectivity index (χ2v) is 5.66. The Hall–Kier alpha value is -2.30. The molecule has 2 aromatic rings. The molecule has 1 aliphatic rings. The van der Waals surface area contributed by atoms with E-state index in [9.17, 15) is 4.79 Å². The van der Waals surface area contributed by atoms with E-state index in [0.29, 0.717) is 18.2 Å². The Morgan fingerprint density at radius 3 is 2.71 bits per heavy atom. The minimum atomic E-state index is 0.0475. The number of carbonyl (C=O) groups excluding carboxylic acids is 1. The maximum Gasteiger partial charge on any atom is 0.257 e. The lowest BCUT2D eigenvalue weighted by atomic mass is 10.1. The van der Waals surface area contributed by atoms with Gasteiger partial charge in [-0.15, -0.1) is 0 Å². The quantitative estimate of drug-likeness (QED) is 0.875. The molecule has 2 N–H and O–H groups in total. The van der Waals surface area contributed by atoms with Gasteiger partial charge < -0.3 is 10.6 Å². The molecule has 3 rings (SSSR count). The lowest BCUT2D eigenvalue weighted by Gasteiger charge is -2.23. The summed E-state index contributed by atoms with van der Waals surface area (Å²) < 4.78 is 1.69. The highest BCUT2D eigenvalue weighted by atomic mass is 16.2. The van der Waals surface area contributed by atoms with Crippen LogP contribution in [-0.2, 0) is 13.6 Å². The van der Waals surface area contributed by atoms with E-state index in [-0.39, 0.29) is 5.91 Å². The Morgan fingerprint density at radius 2 is 2.14 bits per heavy atom. The van der Waals surface area contributed by atoms with Crippen molar-refractivity contribution in [3.05, 3.63) is 47.3 Å². The zero-order valence-electron chi connectivity index (χ0n) is 12.4. The van der Waals surface area contributed by atoms with Crippen LogP contribution in [0.5, 0.6) is 0 Å². The molecular weight excluding hydrogens is 264 g/mol. The first-order chi connectivity index (χ1) is 10.1. The van der Waals surface area contributed by atoms with Crippen molar-refractivity contribution in [1.82, 2.24) is 14.7 Å². The van der Waals surface area contributed by atoms with Crippen LogP contribution in [0.2, 0.25) is 0 Å². The van der Waals surface area contributed by atoms with Crippen molar-refractivity contribution in [1.29, 1.82) is 0 Å². The molecular formula is C16H20N4O. The summed E-state index contributed by atoms with van der Waals surface area (Å²) in [5.74, 6) is 0.0475. The van der Waals surface area contributed by atoms with Gasteiger partial charge in [0.15, 0.2) is 0 Å². The van der Waals surface area contributed by atoms with Crippen molar-refractivity contribution in [2.24, 2.45) is 7.05 Å². The highest BCUT2D eigenvalue weighted by molar-refractivity contribution is 5.95. The molecule has 1 heterocycles. The highest BCUT2D eigenvalue weighted by Crippen LogP contribution is 2.31. The van der Waals surface area contributed by atoms with Crippen LogP contribution in [0.4, 0.5) is 5.69 Å². The van der Waals surface area contributed by atoms with Crippen molar-refractivity contribution < 1.29 is 4.79 Å². The van der Waals surface area contributed by atoms with E-state index in [1.165, 1.54) is 0 Å². The Kier molecular flexibility index (Phi) is 3.41. The van der Waals surface area contributed by atoms with Crippen LogP contribution in [0.1, 0.15) is 34.5 Å². The third-order valence-corrected chi connectivity index (χ3v) is 3.89. The van der Waals surface area contributed by atoms with Crippen LogP contribution in [0.15, 0.2) is 30.5 Å². The first kappa shape index (κ1) is 13.7. The van der Waals surface area contributed by atoms with E-state index in [4.69, 9.17) is 5.73 Å². The Morgan fingerprint density at radius 1 is 1.43 bits per heavy atom. The van der Waals surface area contributed by atoms with Gasteiger partial charge in [-0.3, -0.25) is 9.48 Å².